The Hall–Kier alpha value is -3.80. The van der Waals surface area contributed by atoms with Crippen molar-refractivity contribution in [3.05, 3.63) is 85.3 Å². The molecule has 0 bridgehead atoms. The minimum absolute atomic E-state index is 0.782. The normalized spacial score (nSPS) is 14.0. The molecule has 5 rings (SSSR count). The van der Waals surface area contributed by atoms with Crippen molar-refractivity contribution in [1.82, 2.24) is 20.2 Å². The third-order valence-corrected chi connectivity index (χ3v) is 5.39. The van der Waals surface area contributed by atoms with E-state index in [-0.39, 0.29) is 0 Å². The van der Waals surface area contributed by atoms with Crippen LogP contribution in [0, 0.1) is 0 Å². The van der Waals surface area contributed by atoms with E-state index in [0.717, 1.165) is 60.2 Å². The quantitative estimate of drug-likeness (QED) is 0.523. The van der Waals surface area contributed by atoms with Gasteiger partial charge in [0.25, 0.3) is 0 Å². The summed E-state index contributed by atoms with van der Waals surface area (Å²) in [7, 11) is 0. The molecule has 0 N–H and O–H groups in total. The maximum Gasteiger partial charge on any atom is 0.225 e. The molecule has 0 saturated carbocycles. The zero-order chi connectivity index (χ0) is 20.2. The zero-order valence-electron chi connectivity index (χ0n) is 16.6. The number of aromatic nitrogens is 4. The highest BCUT2D eigenvalue weighted by Gasteiger charge is 2.24. The first-order valence-electron chi connectivity index (χ1n) is 10.1. The minimum Gasteiger partial charge on any atom is -0.351 e. The fraction of sp³-hybridized carbons (Fsp3) is 0.167. The van der Waals surface area contributed by atoms with Gasteiger partial charge >= 0.3 is 0 Å². The van der Waals surface area contributed by atoms with Crippen LogP contribution >= 0.6 is 0 Å². The summed E-state index contributed by atoms with van der Waals surface area (Å²) in [6, 6.07) is 22.7. The molecule has 30 heavy (non-hydrogen) atoms. The molecule has 2 aromatic heterocycles. The number of rotatable bonds is 4. The van der Waals surface area contributed by atoms with Gasteiger partial charge in [0.05, 0.1) is 6.20 Å². The highest BCUT2D eigenvalue weighted by molar-refractivity contribution is 5.90. The molecule has 1 saturated heterocycles. The number of piperazine rings is 1. The monoisotopic (exact) mass is 394 g/mol. The second-order valence-electron chi connectivity index (χ2n) is 7.21. The molecule has 0 spiro atoms. The van der Waals surface area contributed by atoms with E-state index in [4.69, 9.17) is 0 Å². The molecule has 4 aromatic rings. The minimum atomic E-state index is 0.782. The highest BCUT2D eigenvalue weighted by atomic mass is 15.3. The molecule has 1 fully saturated rings. The first kappa shape index (κ1) is 18.2. The van der Waals surface area contributed by atoms with Gasteiger partial charge in [-0.25, -0.2) is 9.97 Å². The van der Waals surface area contributed by atoms with Crippen LogP contribution in [0.15, 0.2) is 85.3 Å². The van der Waals surface area contributed by atoms with E-state index in [1.807, 2.05) is 24.4 Å². The second-order valence-corrected chi connectivity index (χ2v) is 7.21. The summed E-state index contributed by atoms with van der Waals surface area (Å²) in [6.45, 7) is 3.36. The fourth-order valence-corrected chi connectivity index (χ4v) is 3.90. The average molecular weight is 394 g/mol. The van der Waals surface area contributed by atoms with Crippen LogP contribution in [0.5, 0.6) is 0 Å². The summed E-state index contributed by atoms with van der Waals surface area (Å²) >= 11 is 0. The van der Waals surface area contributed by atoms with Crippen molar-refractivity contribution in [3.8, 4) is 22.3 Å². The molecule has 148 valence electrons. The standard InChI is InChI=1S/C24H22N6/c1-3-8-19(9-4-1)21-18-27-28-23(22(21)20-10-5-2-6-11-20)29-14-16-30(17-15-29)24-25-12-7-13-26-24/h1-13,18H,14-17H2. The maximum absolute atomic E-state index is 4.59. The summed E-state index contributed by atoms with van der Waals surface area (Å²) in [6.07, 6.45) is 5.45. The number of hydrogen-bond donors (Lipinski definition) is 0. The van der Waals surface area contributed by atoms with Gasteiger partial charge in [0, 0.05) is 49.7 Å². The Labute approximate surface area is 175 Å². The highest BCUT2D eigenvalue weighted by Crippen LogP contribution is 2.37. The van der Waals surface area contributed by atoms with Crippen LogP contribution in [0.2, 0.25) is 0 Å². The van der Waals surface area contributed by atoms with Gasteiger partial charge < -0.3 is 9.80 Å². The van der Waals surface area contributed by atoms with Gasteiger partial charge in [0.2, 0.25) is 5.95 Å². The Balaban J connectivity index is 1.51. The summed E-state index contributed by atoms with van der Waals surface area (Å²) < 4.78 is 0. The van der Waals surface area contributed by atoms with E-state index in [1.165, 1.54) is 0 Å². The lowest BCUT2D eigenvalue weighted by Gasteiger charge is -2.36. The lowest BCUT2D eigenvalue weighted by atomic mass is 9.96. The first-order valence-corrected chi connectivity index (χ1v) is 10.1. The van der Waals surface area contributed by atoms with Gasteiger partial charge in [-0.2, -0.15) is 5.10 Å². The third-order valence-electron chi connectivity index (χ3n) is 5.39. The molecule has 3 heterocycles. The summed E-state index contributed by atoms with van der Waals surface area (Å²) in [5.74, 6) is 1.71. The second kappa shape index (κ2) is 8.29. The molecule has 1 aliphatic heterocycles. The Kier molecular flexibility index (Phi) is 5.04. The number of hydrogen-bond acceptors (Lipinski definition) is 6. The zero-order valence-corrected chi connectivity index (χ0v) is 16.6. The Morgan fingerprint density at radius 3 is 1.90 bits per heavy atom. The van der Waals surface area contributed by atoms with Gasteiger partial charge in [0.1, 0.15) is 0 Å². The van der Waals surface area contributed by atoms with Crippen molar-refractivity contribution in [2.24, 2.45) is 0 Å². The lowest BCUT2D eigenvalue weighted by Crippen LogP contribution is -2.47. The van der Waals surface area contributed by atoms with Gasteiger partial charge in [-0.15, -0.1) is 5.10 Å². The Morgan fingerprint density at radius 1 is 0.633 bits per heavy atom. The van der Waals surface area contributed by atoms with E-state index in [1.54, 1.807) is 12.4 Å². The topological polar surface area (TPSA) is 58.0 Å². The van der Waals surface area contributed by atoms with E-state index >= 15 is 0 Å². The number of anilines is 2. The van der Waals surface area contributed by atoms with Gasteiger partial charge in [-0.3, -0.25) is 0 Å². The summed E-state index contributed by atoms with van der Waals surface area (Å²) in [5, 5.41) is 8.96. The maximum atomic E-state index is 4.59. The molecule has 6 nitrogen and oxygen atoms in total. The van der Waals surface area contributed by atoms with E-state index < -0.39 is 0 Å². The van der Waals surface area contributed by atoms with Crippen molar-refractivity contribution < 1.29 is 0 Å². The van der Waals surface area contributed by atoms with E-state index in [9.17, 15) is 0 Å². The molecule has 0 atom stereocenters. The Bertz CT molecular complexity index is 1090. The van der Waals surface area contributed by atoms with Crippen LogP contribution in [0.1, 0.15) is 0 Å². The van der Waals surface area contributed by atoms with Crippen LogP contribution in [0.3, 0.4) is 0 Å². The fourth-order valence-electron chi connectivity index (χ4n) is 3.90. The molecular weight excluding hydrogens is 372 g/mol. The summed E-state index contributed by atoms with van der Waals surface area (Å²) in [5.41, 5.74) is 4.51. The molecule has 0 radical (unpaired) electrons. The molecule has 6 heteroatoms. The largest absolute Gasteiger partial charge is 0.351 e. The van der Waals surface area contributed by atoms with Crippen LogP contribution in [-0.4, -0.2) is 46.3 Å². The van der Waals surface area contributed by atoms with Crippen LogP contribution in [0.25, 0.3) is 22.3 Å². The van der Waals surface area contributed by atoms with Crippen LogP contribution in [0.4, 0.5) is 11.8 Å². The van der Waals surface area contributed by atoms with Crippen molar-refractivity contribution in [2.75, 3.05) is 36.0 Å². The first-order chi connectivity index (χ1) is 14.9. The molecule has 1 aliphatic rings. The molecular formula is C24H22N6. The SMILES string of the molecule is c1ccc(-c2cnnc(N3CCN(c4ncccn4)CC3)c2-c2ccccc2)cc1. The van der Waals surface area contributed by atoms with Crippen molar-refractivity contribution in [1.29, 1.82) is 0 Å². The van der Waals surface area contributed by atoms with Crippen LogP contribution < -0.4 is 9.80 Å². The summed E-state index contributed by atoms with van der Waals surface area (Å²) in [4.78, 5) is 13.3. The molecule has 2 aromatic carbocycles. The van der Waals surface area contributed by atoms with Crippen molar-refractivity contribution in [2.45, 2.75) is 0 Å². The van der Waals surface area contributed by atoms with Gasteiger partial charge in [0.15, 0.2) is 5.82 Å². The predicted octanol–water partition coefficient (Wildman–Crippen LogP) is 3.93. The third kappa shape index (κ3) is 3.59. The molecule has 0 unspecified atom stereocenters. The Morgan fingerprint density at radius 2 is 1.23 bits per heavy atom. The smallest absolute Gasteiger partial charge is 0.225 e. The van der Waals surface area contributed by atoms with Crippen LogP contribution in [-0.2, 0) is 0 Å². The van der Waals surface area contributed by atoms with Gasteiger partial charge in [-0.05, 0) is 17.2 Å². The van der Waals surface area contributed by atoms with E-state index in [0.29, 0.717) is 0 Å². The van der Waals surface area contributed by atoms with Gasteiger partial charge in [-0.1, -0.05) is 60.7 Å². The van der Waals surface area contributed by atoms with E-state index in [2.05, 4.69) is 78.5 Å². The predicted molar refractivity (Wildman–Crippen MR) is 119 cm³/mol. The van der Waals surface area contributed by atoms with Crippen molar-refractivity contribution >= 4 is 11.8 Å². The van der Waals surface area contributed by atoms with Crippen molar-refractivity contribution in [3.63, 3.8) is 0 Å². The number of nitrogens with zero attached hydrogens (tertiary/aromatic N) is 6. The average Bonchev–Trinajstić information content (AvgIpc) is 2.85. The molecule has 0 amide bonds. The number of benzene rings is 2. The lowest BCUT2D eigenvalue weighted by molar-refractivity contribution is 0.632. The molecule has 0 aliphatic carbocycles.